The summed E-state index contributed by atoms with van der Waals surface area (Å²) in [6.45, 7) is 5.29. The molecule has 30 heavy (non-hydrogen) atoms. The summed E-state index contributed by atoms with van der Waals surface area (Å²) in [6, 6.07) is 5.10. The molecule has 2 N–H and O–H groups in total. The van der Waals surface area contributed by atoms with E-state index < -0.39 is 0 Å². The number of piperazine rings is 1. The lowest BCUT2D eigenvalue weighted by atomic mass is 10.0. The molecule has 1 saturated carbocycles. The van der Waals surface area contributed by atoms with Gasteiger partial charge < -0.3 is 15.5 Å². The topological polar surface area (TPSA) is 39.7 Å². The van der Waals surface area contributed by atoms with Gasteiger partial charge in [-0.1, -0.05) is 12.2 Å². The molecule has 2 aromatic heterocycles. The van der Waals surface area contributed by atoms with E-state index in [1.165, 1.54) is 51.1 Å². The minimum absolute atomic E-state index is 0.513. The lowest BCUT2D eigenvalue weighted by Crippen LogP contribution is -2.53. The Balaban J connectivity index is 1.29. The van der Waals surface area contributed by atoms with Crippen molar-refractivity contribution in [1.29, 1.82) is 0 Å². The number of aliphatic imine (C=N–C) groups is 1. The maximum atomic E-state index is 5.40. The quantitative estimate of drug-likeness (QED) is 0.665. The van der Waals surface area contributed by atoms with Crippen molar-refractivity contribution in [3.63, 3.8) is 0 Å². The SMILES string of the molecule is Cc1cc2c(s1)NC1=C(N=C2N2CCN[C@@H](CCc3ccsc3)C2)C2CC2C=CC1. The number of anilines is 1. The van der Waals surface area contributed by atoms with Crippen LogP contribution in [0.1, 0.15) is 35.3 Å². The van der Waals surface area contributed by atoms with Gasteiger partial charge in [-0.2, -0.15) is 11.3 Å². The molecule has 0 amide bonds. The van der Waals surface area contributed by atoms with Gasteiger partial charge >= 0.3 is 0 Å². The highest BCUT2D eigenvalue weighted by Gasteiger charge is 2.42. The lowest BCUT2D eigenvalue weighted by Gasteiger charge is -2.36. The summed E-state index contributed by atoms with van der Waals surface area (Å²) in [5.41, 5.74) is 5.39. The van der Waals surface area contributed by atoms with Gasteiger partial charge in [-0.3, -0.25) is 0 Å². The van der Waals surface area contributed by atoms with Crippen LogP contribution in [0.15, 0.2) is 51.4 Å². The van der Waals surface area contributed by atoms with Crippen LogP contribution in [-0.2, 0) is 6.42 Å². The van der Waals surface area contributed by atoms with Gasteiger partial charge in [0.15, 0.2) is 0 Å². The fourth-order valence-electron chi connectivity index (χ4n) is 5.01. The average Bonchev–Trinajstić information content (AvgIpc) is 3.22. The molecular weight excluding hydrogens is 408 g/mol. The molecule has 2 aliphatic heterocycles. The smallest absolute Gasteiger partial charge is 0.139 e. The predicted molar refractivity (Wildman–Crippen MR) is 128 cm³/mol. The lowest BCUT2D eigenvalue weighted by molar-refractivity contribution is 0.282. The molecule has 2 aliphatic carbocycles. The number of hydrogen-bond acceptors (Lipinski definition) is 6. The second kappa shape index (κ2) is 7.66. The van der Waals surface area contributed by atoms with Crippen molar-refractivity contribution < 1.29 is 0 Å². The van der Waals surface area contributed by atoms with E-state index in [-0.39, 0.29) is 0 Å². The molecule has 3 atom stereocenters. The van der Waals surface area contributed by atoms with Gasteiger partial charge in [0.2, 0.25) is 0 Å². The number of aryl methyl sites for hydroxylation is 2. The van der Waals surface area contributed by atoms with Crippen LogP contribution in [0.3, 0.4) is 0 Å². The molecule has 0 aromatic carbocycles. The summed E-state index contributed by atoms with van der Waals surface area (Å²) in [4.78, 5) is 9.30. The Morgan fingerprint density at radius 1 is 1.33 bits per heavy atom. The summed E-state index contributed by atoms with van der Waals surface area (Å²) in [5.74, 6) is 2.50. The van der Waals surface area contributed by atoms with Crippen LogP contribution in [0.4, 0.5) is 5.00 Å². The first kappa shape index (κ1) is 18.8. The standard InChI is InChI=1S/C24H28N4S2/c1-15-11-20-23(28-9-8-25-18(13-28)6-5-16-7-10-29-14-16)27-22-19-12-17(19)3-2-4-21(22)26-24(20)30-15/h2-3,7,10-11,14,17-19,25-26H,4-6,8-9,12-13H2,1H3/t17?,18-,19?/m0/s1. The Kier molecular flexibility index (Phi) is 4.81. The number of nitrogens with one attached hydrogen (secondary N) is 2. The van der Waals surface area contributed by atoms with E-state index in [0.717, 1.165) is 32.5 Å². The van der Waals surface area contributed by atoms with Crippen molar-refractivity contribution in [3.05, 3.63) is 62.4 Å². The summed E-state index contributed by atoms with van der Waals surface area (Å²) in [5, 5.41) is 13.3. The largest absolute Gasteiger partial charge is 0.353 e. The maximum Gasteiger partial charge on any atom is 0.139 e. The van der Waals surface area contributed by atoms with Crippen LogP contribution < -0.4 is 10.6 Å². The van der Waals surface area contributed by atoms with Crippen molar-refractivity contribution in [1.82, 2.24) is 10.2 Å². The van der Waals surface area contributed by atoms with E-state index in [2.05, 4.69) is 57.5 Å². The Labute approximate surface area is 186 Å². The van der Waals surface area contributed by atoms with Gasteiger partial charge in [0.25, 0.3) is 0 Å². The molecule has 0 radical (unpaired) electrons. The summed E-state index contributed by atoms with van der Waals surface area (Å²) < 4.78 is 0. The molecule has 4 heterocycles. The first-order chi connectivity index (χ1) is 14.7. The molecule has 4 aliphatic rings. The van der Waals surface area contributed by atoms with Crippen molar-refractivity contribution in [2.24, 2.45) is 16.8 Å². The molecule has 156 valence electrons. The minimum Gasteiger partial charge on any atom is -0.353 e. The maximum absolute atomic E-state index is 5.40. The Morgan fingerprint density at radius 2 is 2.30 bits per heavy atom. The normalized spacial score (nSPS) is 27.4. The third-order valence-corrected chi connectivity index (χ3v) is 8.41. The van der Waals surface area contributed by atoms with E-state index in [0.29, 0.717) is 17.9 Å². The number of rotatable bonds is 3. The zero-order chi connectivity index (χ0) is 20.1. The van der Waals surface area contributed by atoms with Gasteiger partial charge in [-0.15, -0.1) is 11.3 Å². The number of hydrogen-bond donors (Lipinski definition) is 2. The Hall–Kier alpha value is -1.89. The van der Waals surface area contributed by atoms with Crippen LogP contribution in [0, 0.1) is 18.8 Å². The molecule has 2 aromatic rings. The molecule has 6 heteroatoms. The number of fused-ring (bicyclic) bond motifs is 3. The Morgan fingerprint density at radius 3 is 3.20 bits per heavy atom. The number of nitrogens with zero attached hydrogens (tertiary/aromatic N) is 2. The highest BCUT2D eigenvalue weighted by molar-refractivity contribution is 7.16. The second-order valence-corrected chi connectivity index (χ2v) is 11.0. The van der Waals surface area contributed by atoms with E-state index in [1.54, 1.807) is 11.3 Å². The monoisotopic (exact) mass is 436 g/mol. The van der Waals surface area contributed by atoms with Crippen molar-refractivity contribution >= 4 is 33.5 Å². The third kappa shape index (κ3) is 3.55. The third-order valence-electron chi connectivity index (χ3n) is 6.71. The molecule has 4 nitrogen and oxygen atoms in total. The molecular formula is C24H28N4S2. The second-order valence-electron chi connectivity index (χ2n) is 8.93. The summed E-state index contributed by atoms with van der Waals surface area (Å²) in [7, 11) is 0. The number of amidine groups is 1. The molecule has 1 saturated heterocycles. The zero-order valence-electron chi connectivity index (χ0n) is 17.4. The first-order valence-corrected chi connectivity index (χ1v) is 12.9. The molecule has 6 rings (SSSR count). The van der Waals surface area contributed by atoms with Crippen LogP contribution in [0.2, 0.25) is 0 Å². The van der Waals surface area contributed by atoms with Crippen LogP contribution >= 0.6 is 22.7 Å². The highest BCUT2D eigenvalue weighted by Crippen LogP contribution is 2.50. The fraction of sp³-hybridized carbons (Fsp3) is 0.458. The van der Waals surface area contributed by atoms with E-state index >= 15 is 0 Å². The summed E-state index contributed by atoms with van der Waals surface area (Å²) >= 11 is 3.66. The van der Waals surface area contributed by atoms with Crippen LogP contribution in [-0.4, -0.2) is 36.4 Å². The van der Waals surface area contributed by atoms with E-state index in [9.17, 15) is 0 Å². The zero-order valence-corrected chi connectivity index (χ0v) is 19.0. The van der Waals surface area contributed by atoms with Gasteiger partial charge in [-0.05, 0) is 60.6 Å². The molecule has 0 bridgehead atoms. The van der Waals surface area contributed by atoms with Gasteiger partial charge in [0.05, 0.1) is 11.3 Å². The van der Waals surface area contributed by atoms with Crippen molar-refractivity contribution in [2.75, 3.05) is 25.0 Å². The minimum atomic E-state index is 0.513. The molecule has 0 spiro atoms. The average molecular weight is 437 g/mol. The molecule has 2 fully saturated rings. The highest BCUT2D eigenvalue weighted by atomic mass is 32.1. The van der Waals surface area contributed by atoms with Crippen LogP contribution in [0.5, 0.6) is 0 Å². The van der Waals surface area contributed by atoms with Gasteiger partial charge in [-0.25, -0.2) is 4.99 Å². The number of allylic oxidation sites excluding steroid dienone is 3. The van der Waals surface area contributed by atoms with Crippen LogP contribution in [0.25, 0.3) is 0 Å². The van der Waals surface area contributed by atoms with Gasteiger partial charge in [0, 0.05) is 48.6 Å². The van der Waals surface area contributed by atoms with Crippen molar-refractivity contribution in [2.45, 2.75) is 38.6 Å². The Bertz CT molecular complexity index is 1030. The predicted octanol–water partition coefficient (Wildman–Crippen LogP) is 5.00. The van der Waals surface area contributed by atoms with E-state index in [1.807, 2.05) is 11.3 Å². The van der Waals surface area contributed by atoms with E-state index in [4.69, 9.17) is 4.99 Å². The first-order valence-electron chi connectivity index (χ1n) is 11.1. The molecule has 2 unspecified atom stereocenters. The fourth-order valence-corrected chi connectivity index (χ4v) is 6.65. The summed E-state index contributed by atoms with van der Waals surface area (Å²) in [6.07, 6.45) is 9.30. The number of thiophene rings is 2. The van der Waals surface area contributed by atoms with Crippen molar-refractivity contribution in [3.8, 4) is 0 Å². The van der Waals surface area contributed by atoms with Gasteiger partial charge in [0.1, 0.15) is 10.8 Å².